The van der Waals surface area contributed by atoms with Crippen LogP contribution in [0.4, 0.5) is 5.82 Å². The van der Waals surface area contributed by atoms with E-state index in [9.17, 15) is 9.59 Å². The summed E-state index contributed by atoms with van der Waals surface area (Å²) in [5, 5.41) is 11.7. The number of carboxylic acid groups (broad SMARTS) is 1. The minimum atomic E-state index is -0.791. The minimum absolute atomic E-state index is 0.151. The molecule has 3 saturated carbocycles. The molecule has 1 aromatic heterocycles. The molecule has 0 radical (unpaired) electrons. The lowest BCUT2D eigenvalue weighted by Gasteiger charge is -2.66. The van der Waals surface area contributed by atoms with Crippen LogP contribution < -0.4 is 5.32 Å². The Labute approximate surface area is 111 Å². The molecule has 1 aromatic rings. The molecule has 3 aliphatic rings. The van der Waals surface area contributed by atoms with Gasteiger partial charge in [0.15, 0.2) is 5.82 Å². The average molecular weight is 312 g/mol. The lowest BCUT2D eigenvalue weighted by molar-refractivity contribution is -0.217. The highest BCUT2D eigenvalue weighted by Gasteiger charge is 2.75. The van der Waals surface area contributed by atoms with E-state index in [1.165, 1.54) is 12.4 Å². The number of rotatable bonds is 3. The van der Waals surface area contributed by atoms with Crippen molar-refractivity contribution in [2.24, 2.45) is 10.8 Å². The molecule has 0 spiro atoms. The van der Waals surface area contributed by atoms with Crippen molar-refractivity contribution in [2.75, 3.05) is 5.32 Å². The number of nitrogens with zero attached hydrogens (tertiary/aromatic N) is 2. The van der Waals surface area contributed by atoms with Gasteiger partial charge >= 0.3 is 5.97 Å². The summed E-state index contributed by atoms with van der Waals surface area (Å²) in [6.07, 6.45) is 4.26. The molecule has 6 nitrogen and oxygen atoms in total. The monoisotopic (exact) mass is 311 g/mol. The smallest absolute Gasteiger partial charge is 0.309 e. The van der Waals surface area contributed by atoms with Crippen molar-refractivity contribution in [3.05, 3.63) is 17.0 Å². The molecule has 4 rings (SSSR count). The van der Waals surface area contributed by atoms with Gasteiger partial charge in [-0.1, -0.05) is 0 Å². The fourth-order valence-electron chi connectivity index (χ4n) is 2.88. The lowest BCUT2D eigenvalue weighted by Crippen LogP contribution is -2.69. The number of halogens is 1. The maximum atomic E-state index is 12.0. The summed E-state index contributed by atoms with van der Waals surface area (Å²) in [6, 6.07) is 0. The van der Waals surface area contributed by atoms with E-state index in [-0.39, 0.29) is 5.91 Å². The number of nitrogens with one attached hydrogen (secondary N) is 1. The van der Waals surface area contributed by atoms with Crippen molar-refractivity contribution in [3.63, 3.8) is 0 Å². The number of aromatic nitrogens is 2. The van der Waals surface area contributed by atoms with Gasteiger partial charge in [-0.25, -0.2) is 9.97 Å². The average Bonchev–Trinajstić information content (AvgIpc) is 2.16. The van der Waals surface area contributed by atoms with Crippen LogP contribution in [-0.4, -0.2) is 27.0 Å². The van der Waals surface area contributed by atoms with Gasteiger partial charge in [0.2, 0.25) is 5.91 Å². The molecule has 3 fully saturated rings. The van der Waals surface area contributed by atoms with Gasteiger partial charge < -0.3 is 10.4 Å². The summed E-state index contributed by atoms with van der Waals surface area (Å²) >= 11 is 3.16. The summed E-state index contributed by atoms with van der Waals surface area (Å²) in [7, 11) is 0. The molecule has 0 aromatic carbocycles. The van der Waals surface area contributed by atoms with Gasteiger partial charge in [0.25, 0.3) is 0 Å². The predicted octanol–water partition coefficient (Wildman–Crippen LogP) is 1.43. The third-order valence-corrected chi connectivity index (χ3v) is 4.24. The first-order chi connectivity index (χ1) is 8.46. The molecule has 0 aliphatic heterocycles. The number of anilines is 1. The summed E-state index contributed by atoms with van der Waals surface area (Å²) in [4.78, 5) is 30.9. The Morgan fingerprint density at radius 2 is 1.89 bits per heavy atom. The molecule has 0 unspecified atom stereocenters. The zero-order chi connectivity index (χ0) is 13.0. The Morgan fingerprint density at radius 1 is 1.22 bits per heavy atom. The van der Waals surface area contributed by atoms with Crippen molar-refractivity contribution in [3.8, 4) is 0 Å². The van der Waals surface area contributed by atoms with Gasteiger partial charge in [-0.05, 0) is 35.2 Å². The van der Waals surface area contributed by atoms with Crippen LogP contribution >= 0.6 is 15.9 Å². The lowest BCUT2D eigenvalue weighted by atomic mass is 9.35. The van der Waals surface area contributed by atoms with E-state index in [0.717, 1.165) is 0 Å². The van der Waals surface area contributed by atoms with Gasteiger partial charge in [-0.3, -0.25) is 9.59 Å². The van der Waals surface area contributed by atoms with Crippen LogP contribution in [0.1, 0.15) is 19.3 Å². The summed E-state index contributed by atoms with van der Waals surface area (Å²) in [5.41, 5.74) is -1.13. The molecule has 0 saturated heterocycles. The van der Waals surface area contributed by atoms with Gasteiger partial charge in [0, 0.05) is 0 Å². The molecule has 1 amide bonds. The van der Waals surface area contributed by atoms with Crippen molar-refractivity contribution in [2.45, 2.75) is 19.3 Å². The SMILES string of the molecule is O=C(O)C12CC(C(=O)Nc3cnc(Br)cn3)(C1)C2. The first kappa shape index (κ1) is 11.6. The number of carbonyl (C=O) groups excluding carboxylic acids is 1. The largest absolute Gasteiger partial charge is 0.481 e. The normalized spacial score (nSPS) is 32.1. The Kier molecular flexibility index (Phi) is 2.25. The zero-order valence-corrected chi connectivity index (χ0v) is 10.9. The molecular formula is C11H10BrN3O3. The van der Waals surface area contributed by atoms with E-state index in [0.29, 0.717) is 29.7 Å². The third kappa shape index (κ3) is 1.46. The first-order valence-electron chi connectivity index (χ1n) is 5.48. The molecule has 2 N–H and O–H groups in total. The maximum absolute atomic E-state index is 12.0. The van der Waals surface area contributed by atoms with E-state index < -0.39 is 16.8 Å². The number of carboxylic acids is 1. The van der Waals surface area contributed by atoms with Gasteiger partial charge in [0.1, 0.15) is 4.60 Å². The van der Waals surface area contributed by atoms with Crippen LogP contribution in [-0.2, 0) is 9.59 Å². The fraction of sp³-hybridized carbons (Fsp3) is 0.455. The van der Waals surface area contributed by atoms with Crippen molar-refractivity contribution >= 4 is 33.6 Å². The molecule has 7 heteroatoms. The summed E-state index contributed by atoms with van der Waals surface area (Å²) < 4.78 is 0.593. The summed E-state index contributed by atoms with van der Waals surface area (Å²) in [6.45, 7) is 0. The topological polar surface area (TPSA) is 92.2 Å². The summed E-state index contributed by atoms with van der Waals surface area (Å²) in [5.74, 6) is -0.555. The van der Waals surface area contributed by atoms with Crippen LogP contribution in [0.25, 0.3) is 0 Å². The quantitative estimate of drug-likeness (QED) is 0.881. The first-order valence-corrected chi connectivity index (χ1v) is 6.28. The Morgan fingerprint density at radius 3 is 2.39 bits per heavy atom. The maximum Gasteiger partial charge on any atom is 0.309 e. The number of carbonyl (C=O) groups is 2. The highest BCUT2D eigenvalue weighted by atomic mass is 79.9. The molecule has 94 valence electrons. The molecule has 1 heterocycles. The van der Waals surface area contributed by atoms with Crippen molar-refractivity contribution < 1.29 is 14.7 Å². The number of hydrogen-bond donors (Lipinski definition) is 2. The fourth-order valence-corrected chi connectivity index (χ4v) is 3.09. The standard InChI is InChI=1S/C11H10BrN3O3/c12-6-1-14-7(2-13-6)15-8(16)10-3-11(4-10,5-10)9(17)18/h1-2H,3-5H2,(H,17,18)(H,14,15,16). The molecule has 3 aliphatic carbocycles. The zero-order valence-electron chi connectivity index (χ0n) is 9.31. The highest BCUT2D eigenvalue weighted by molar-refractivity contribution is 9.10. The van der Waals surface area contributed by atoms with Crippen LogP contribution in [0.5, 0.6) is 0 Å². The predicted molar refractivity (Wildman–Crippen MR) is 64.7 cm³/mol. The van der Waals surface area contributed by atoms with E-state index in [1.807, 2.05) is 0 Å². The van der Waals surface area contributed by atoms with Gasteiger partial charge in [0.05, 0.1) is 23.2 Å². The van der Waals surface area contributed by atoms with Crippen LogP contribution in [0.2, 0.25) is 0 Å². The molecule has 18 heavy (non-hydrogen) atoms. The van der Waals surface area contributed by atoms with E-state index in [2.05, 4.69) is 31.2 Å². The van der Waals surface area contributed by atoms with E-state index in [1.54, 1.807) is 0 Å². The molecular weight excluding hydrogens is 302 g/mol. The van der Waals surface area contributed by atoms with Crippen LogP contribution in [0.15, 0.2) is 17.0 Å². The second-order valence-electron chi connectivity index (χ2n) is 5.07. The number of amides is 1. The van der Waals surface area contributed by atoms with Crippen LogP contribution in [0, 0.1) is 10.8 Å². The highest BCUT2D eigenvalue weighted by Crippen LogP contribution is 2.73. The number of aliphatic carboxylic acids is 1. The van der Waals surface area contributed by atoms with Crippen LogP contribution in [0.3, 0.4) is 0 Å². The minimum Gasteiger partial charge on any atom is -0.481 e. The second-order valence-corrected chi connectivity index (χ2v) is 5.89. The van der Waals surface area contributed by atoms with Gasteiger partial charge in [-0.15, -0.1) is 0 Å². The Balaban J connectivity index is 1.65. The van der Waals surface area contributed by atoms with E-state index in [4.69, 9.17) is 5.11 Å². The van der Waals surface area contributed by atoms with Crippen molar-refractivity contribution in [1.29, 1.82) is 0 Å². The van der Waals surface area contributed by atoms with Gasteiger partial charge in [-0.2, -0.15) is 0 Å². The molecule has 0 atom stereocenters. The van der Waals surface area contributed by atoms with E-state index >= 15 is 0 Å². The Hall–Kier alpha value is -1.50. The Bertz CT molecular complexity index is 523. The van der Waals surface area contributed by atoms with Crippen molar-refractivity contribution in [1.82, 2.24) is 9.97 Å². The molecule has 2 bridgehead atoms. The second kappa shape index (κ2) is 3.50. The number of hydrogen-bond acceptors (Lipinski definition) is 4. The third-order valence-electron chi connectivity index (χ3n) is 3.83.